The van der Waals surface area contributed by atoms with Gasteiger partial charge in [-0.05, 0) is 71.2 Å². The van der Waals surface area contributed by atoms with Gasteiger partial charge in [0, 0.05) is 11.8 Å². The second-order valence-electron chi connectivity index (χ2n) is 10.7. The van der Waals surface area contributed by atoms with Crippen LogP contribution in [0.1, 0.15) is 44.2 Å². The van der Waals surface area contributed by atoms with Gasteiger partial charge < -0.3 is 9.47 Å². The summed E-state index contributed by atoms with van der Waals surface area (Å²) < 4.78 is 12.3. The van der Waals surface area contributed by atoms with Crippen LogP contribution in [-0.4, -0.2) is 24.1 Å². The van der Waals surface area contributed by atoms with Crippen LogP contribution in [-0.2, 0) is 15.9 Å². The lowest BCUT2D eigenvalue weighted by Crippen LogP contribution is -2.45. The first-order valence-electron chi connectivity index (χ1n) is 13.4. The predicted octanol–water partition coefficient (Wildman–Crippen LogP) is 6.71. The Morgan fingerprint density at radius 1 is 0.579 bits per heavy atom. The number of rotatable bonds is 5. The van der Waals surface area contributed by atoms with Gasteiger partial charge in [-0.3, -0.25) is 0 Å². The molecule has 4 nitrogen and oxygen atoms in total. The maximum absolute atomic E-state index is 13.2. The van der Waals surface area contributed by atoms with Crippen molar-refractivity contribution in [3.05, 3.63) is 131 Å². The van der Waals surface area contributed by atoms with Gasteiger partial charge in [0.15, 0.2) is 0 Å². The number of ether oxygens (including phenoxy) is 2. The molecule has 2 fully saturated rings. The van der Waals surface area contributed by atoms with E-state index in [0.717, 1.165) is 12.8 Å². The Kier molecular flexibility index (Phi) is 5.61. The molecule has 0 aliphatic heterocycles. The van der Waals surface area contributed by atoms with Crippen molar-refractivity contribution < 1.29 is 19.1 Å². The fourth-order valence-corrected chi connectivity index (χ4v) is 7.18. The highest BCUT2D eigenvalue weighted by molar-refractivity contribution is 5.90. The number of esters is 2. The lowest BCUT2D eigenvalue weighted by molar-refractivity contribution is -0.0698. The summed E-state index contributed by atoms with van der Waals surface area (Å²) >= 11 is 0. The molecule has 3 aliphatic carbocycles. The average molecular weight is 501 g/mol. The predicted molar refractivity (Wildman–Crippen MR) is 145 cm³/mol. The van der Waals surface area contributed by atoms with Crippen molar-refractivity contribution in [3.63, 3.8) is 0 Å². The van der Waals surface area contributed by atoms with Crippen LogP contribution in [0.3, 0.4) is 0 Å². The van der Waals surface area contributed by atoms with Crippen LogP contribution in [0.4, 0.5) is 0 Å². The number of benzene rings is 4. The van der Waals surface area contributed by atoms with Gasteiger partial charge in [-0.2, -0.15) is 0 Å². The van der Waals surface area contributed by atoms with E-state index >= 15 is 0 Å². The van der Waals surface area contributed by atoms with Gasteiger partial charge in [0.25, 0.3) is 0 Å². The first-order chi connectivity index (χ1) is 18.7. The molecule has 4 aromatic rings. The Labute approximate surface area is 222 Å². The number of hydrogen-bond donors (Lipinski definition) is 0. The van der Waals surface area contributed by atoms with E-state index in [1.807, 2.05) is 42.5 Å². The van der Waals surface area contributed by atoms with Crippen LogP contribution >= 0.6 is 0 Å². The number of carbonyl (C=O) groups is 2. The Morgan fingerprint density at radius 3 is 1.74 bits per heavy atom. The van der Waals surface area contributed by atoms with Crippen LogP contribution in [0, 0.1) is 17.8 Å². The smallest absolute Gasteiger partial charge is 0.338 e. The minimum atomic E-state index is -0.471. The van der Waals surface area contributed by atoms with Gasteiger partial charge in [-0.15, -0.1) is 0 Å². The summed E-state index contributed by atoms with van der Waals surface area (Å²) in [5.74, 6) is 0.232. The molecule has 6 atom stereocenters. The second-order valence-corrected chi connectivity index (χ2v) is 10.7. The molecule has 2 saturated carbocycles. The summed E-state index contributed by atoms with van der Waals surface area (Å²) in [7, 11) is 0. The fourth-order valence-electron chi connectivity index (χ4n) is 7.18. The Hall–Kier alpha value is -4.18. The van der Waals surface area contributed by atoms with E-state index in [1.54, 1.807) is 24.3 Å². The average Bonchev–Trinajstić information content (AvgIpc) is 3.63. The highest BCUT2D eigenvalue weighted by atomic mass is 16.6. The van der Waals surface area contributed by atoms with E-state index < -0.39 is 12.2 Å². The molecule has 0 radical (unpaired) electrons. The van der Waals surface area contributed by atoms with Gasteiger partial charge in [0.05, 0.1) is 11.1 Å². The van der Waals surface area contributed by atoms with Crippen LogP contribution in [0.2, 0.25) is 0 Å². The molecule has 0 spiro atoms. The monoisotopic (exact) mass is 500 g/mol. The summed E-state index contributed by atoms with van der Waals surface area (Å²) in [6.45, 7) is 0. The van der Waals surface area contributed by atoms with Crippen LogP contribution in [0.15, 0.2) is 109 Å². The molecule has 7 rings (SSSR count). The maximum atomic E-state index is 13.2. The number of hydrogen-bond acceptors (Lipinski definition) is 4. The highest BCUT2D eigenvalue weighted by Crippen LogP contribution is 2.63. The molecular formula is C34H28O4. The van der Waals surface area contributed by atoms with Crippen LogP contribution in [0.5, 0.6) is 0 Å². The highest BCUT2D eigenvalue weighted by Gasteiger charge is 2.63. The van der Waals surface area contributed by atoms with Crippen LogP contribution < -0.4 is 0 Å². The minimum absolute atomic E-state index is 0.120. The van der Waals surface area contributed by atoms with E-state index in [2.05, 4.69) is 42.5 Å². The molecule has 4 heteroatoms. The minimum Gasteiger partial charge on any atom is -0.455 e. The summed E-state index contributed by atoms with van der Waals surface area (Å²) in [6.07, 6.45) is 0.931. The van der Waals surface area contributed by atoms with Crippen molar-refractivity contribution in [3.8, 4) is 11.1 Å². The Bertz CT molecular complexity index is 1480. The molecule has 6 unspecified atom stereocenters. The van der Waals surface area contributed by atoms with Gasteiger partial charge in [-0.25, -0.2) is 9.59 Å². The first kappa shape index (κ1) is 23.0. The van der Waals surface area contributed by atoms with E-state index in [9.17, 15) is 9.59 Å². The molecular weight excluding hydrogens is 472 g/mol. The van der Waals surface area contributed by atoms with Crippen molar-refractivity contribution in [2.75, 3.05) is 0 Å². The molecule has 0 N–H and O–H groups in total. The van der Waals surface area contributed by atoms with E-state index in [1.165, 1.54) is 22.3 Å². The number of fused-ring (bicyclic) bond motifs is 7. The molecule has 188 valence electrons. The summed E-state index contributed by atoms with van der Waals surface area (Å²) in [6, 6.07) is 35.4. The van der Waals surface area contributed by atoms with E-state index in [0.29, 0.717) is 23.0 Å². The SMILES string of the molecule is O=C(OC1C2CC(C1OC(=O)c1ccccc1)C1c3ccc(-c4ccccc4)cc3CC21)c1ccccc1. The lowest BCUT2D eigenvalue weighted by Gasteiger charge is -2.37. The summed E-state index contributed by atoms with van der Waals surface area (Å²) in [5, 5.41) is 0. The normalized spacial score (nSPS) is 26.4. The summed E-state index contributed by atoms with van der Waals surface area (Å²) in [5.41, 5.74) is 6.17. The first-order valence-corrected chi connectivity index (χ1v) is 13.4. The molecule has 3 aliphatic rings. The van der Waals surface area contributed by atoms with Crippen molar-refractivity contribution in [1.82, 2.24) is 0 Å². The van der Waals surface area contributed by atoms with Crippen LogP contribution in [0.25, 0.3) is 11.1 Å². The summed E-state index contributed by atoms with van der Waals surface area (Å²) in [4.78, 5) is 26.3. The van der Waals surface area contributed by atoms with Crippen molar-refractivity contribution in [2.45, 2.75) is 31.0 Å². The lowest BCUT2D eigenvalue weighted by atomic mass is 9.76. The quantitative estimate of drug-likeness (QED) is 0.286. The zero-order chi connectivity index (χ0) is 25.6. The third kappa shape index (κ3) is 3.83. The molecule has 0 saturated heterocycles. The van der Waals surface area contributed by atoms with Gasteiger partial charge >= 0.3 is 11.9 Å². The number of carbonyl (C=O) groups excluding carboxylic acids is 2. The Balaban J connectivity index is 1.21. The second kappa shape index (κ2) is 9.29. The van der Waals surface area contributed by atoms with Crippen molar-refractivity contribution >= 4 is 11.9 Å². The molecule has 0 aromatic heterocycles. The Morgan fingerprint density at radius 2 is 1.13 bits per heavy atom. The molecule has 38 heavy (non-hydrogen) atoms. The van der Waals surface area contributed by atoms with E-state index in [-0.39, 0.29) is 23.8 Å². The zero-order valence-corrected chi connectivity index (χ0v) is 20.9. The molecule has 2 bridgehead atoms. The van der Waals surface area contributed by atoms with Gasteiger partial charge in [0.2, 0.25) is 0 Å². The van der Waals surface area contributed by atoms with Gasteiger partial charge in [-0.1, -0.05) is 84.9 Å². The van der Waals surface area contributed by atoms with Gasteiger partial charge in [0.1, 0.15) is 12.2 Å². The third-order valence-electron chi connectivity index (χ3n) is 8.75. The van der Waals surface area contributed by atoms with Crippen molar-refractivity contribution in [1.29, 1.82) is 0 Å². The maximum Gasteiger partial charge on any atom is 0.338 e. The molecule has 4 aromatic carbocycles. The third-order valence-corrected chi connectivity index (χ3v) is 8.75. The van der Waals surface area contributed by atoms with E-state index in [4.69, 9.17) is 9.47 Å². The topological polar surface area (TPSA) is 52.6 Å². The standard InChI is InChI=1S/C34H28O4/c35-33(22-12-6-2-7-13-22)37-31-28-20-29(32(31)38-34(36)23-14-8-3-9-15-23)30-26-17-16-24(18-25(26)19-27(28)30)21-10-4-1-5-11-21/h1-18,27-32H,19-20H2. The fraction of sp³-hybridized carbons (Fsp3) is 0.235. The largest absolute Gasteiger partial charge is 0.455 e. The molecule has 0 amide bonds. The zero-order valence-electron chi connectivity index (χ0n) is 20.9. The molecule has 0 heterocycles. The van der Waals surface area contributed by atoms with Crippen molar-refractivity contribution in [2.24, 2.45) is 17.8 Å².